The van der Waals surface area contributed by atoms with Gasteiger partial charge in [-0.25, -0.2) is 4.98 Å². The molecular weight excluding hydrogens is 314 g/mol. The van der Waals surface area contributed by atoms with Gasteiger partial charge in [0.2, 0.25) is 0 Å². The highest BCUT2D eigenvalue weighted by Gasteiger charge is 2.19. The molecule has 3 nitrogen and oxygen atoms in total. The molecule has 0 radical (unpaired) electrons. The quantitative estimate of drug-likeness (QED) is 0.861. The van der Waals surface area contributed by atoms with E-state index in [1.165, 1.54) is 5.56 Å². The Balaban J connectivity index is 1.59. The summed E-state index contributed by atoms with van der Waals surface area (Å²) in [7, 11) is 0. The van der Waals surface area contributed by atoms with Gasteiger partial charge >= 0.3 is 0 Å². The zero-order valence-electron chi connectivity index (χ0n) is 11.4. The van der Waals surface area contributed by atoms with E-state index in [-0.39, 0.29) is 0 Å². The molecule has 104 valence electrons. The van der Waals surface area contributed by atoms with Crippen LogP contribution in [-0.2, 0) is 6.54 Å². The summed E-state index contributed by atoms with van der Waals surface area (Å²) in [6, 6.07) is 14.7. The molecule has 1 aromatic carbocycles. The van der Waals surface area contributed by atoms with Crippen LogP contribution in [0.3, 0.4) is 0 Å². The second-order valence-electron chi connectivity index (χ2n) is 5.06. The maximum atomic E-state index is 4.47. The van der Waals surface area contributed by atoms with Gasteiger partial charge in [-0.1, -0.05) is 30.3 Å². The molecule has 1 aliphatic rings. The lowest BCUT2D eigenvalue weighted by Crippen LogP contribution is -2.46. The molecule has 0 saturated carbocycles. The lowest BCUT2D eigenvalue weighted by Gasteiger charge is -2.35. The van der Waals surface area contributed by atoms with E-state index in [2.05, 4.69) is 67.1 Å². The van der Waals surface area contributed by atoms with E-state index in [4.69, 9.17) is 0 Å². The maximum absolute atomic E-state index is 4.47. The fourth-order valence-electron chi connectivity index (χ4n) is 2.57. The minimum atomic E-state index is 1.03. The molecule has 0 bridgehead atoms. The number of halogens is 1. The lowest BCUT2D eigenvalue weighted by atomic mass is 10.2. The number of benzene rings is 1. The Kier molecular flexibility index (Phi) is 4.33. The monoisotopic (exact) mass is 331 g/mol. The summed E-state index contributed by atoms with van der Waals surface area (Å²) in [5.41, 5.74) is 1.39. The SMILES string of the molecule is Brc1cccnc1N1CCN(Cc2ccccc2)CC1. The van der Waals surface area contributed by atoms with Gasteiger partial charge in [-0.2, -0.15) is 0 Å². The number of rotatable bonds is 3. The fraction of sp³-hybridized carbons (Fsp3) is 0.312. The third-order valence-corrected chi connectivity index (χ3v) is 4.28. The van der Waals surface area contributed by atoms with Crippen molar-refractivity contribution in [1.29, 1.82) is 0 Å². The van der Waals surface area contributed by atoms with Crippen LogP contribution in [-0.4, -0.2) is 36.1 Å². The van der Waals surface area contributed by atoms with Crippen molar-refractivity contribution in [3.63, 3.8) is 0 Å². The van der Waals surface area contributed by atoms with Gasteiger partial charge in [0.05, 0.1) is 4.47 Å². The highest BCUT2D eigenvalue weighted by Crippen LogP contribution is 2.24. The van der Waals surface area contributed by atoms with E-state index in [0.717, 1.165) is 43.0 Å². The molecule has 2 heterocycles. The number of piperazine rings is 1. The minimum Gasteiger partial charge on any atom is -0.353 e. The predicted octanol–water partition coefficient (Wildman–Crippen LogP) is 3.17. The third-order valence-electron chi connectivity index (χ3n) is 3.66. The summed E-state index contributed by atoms with van der Waals surface area (Å²) < 4.78 is 1.08. The fourth-order valence-corrected chi connectivity index (χ4v) is 3.08. The van der Waals surface area contributed by atoms with Gasteiger partial charge in [-0.3, -0.25) is 4.90 Å². The molecule has 2 aromatic rings. The molecule has 20 heavy (non-hydrogen) atoms. The maximum Gasteiger partial charge on any atom is 0.142 e. The lowest BCUT2D eigenvalue weighted by molar-refractivity contribution is 0.249. The molecule has 0 aliphatic carbocycles. The standard InChI is InChI=1S/C16H18BrN3/c17-15-7-4-8-18-16(15)20-11-9-19(10-12-20)13-14-5-2-1-3-6-14/h1-8H,9-13H2. The van der Waals surface area contributed by atoms with Crippen molar-refractivity contribution in [1.82, 2.24) is 9.88 Å². The molecule has 0 N–H and O–H groups in total. The first-order valence-electron chi connectivity index (χ1n) is 6.95. The Bertz CT molecular complexity index is 551. The molecule has 0 amide bonds. The number of nitrogens with zero attached hydrogens (tertiary/aromatic N) is 3. The first-order chi connectivity index (χ1) is 9.83. The number of hydrogen-bond acceptors (Lipinski definition) is 3. The van der Waals surface area contributed by atoms with Crippen LogP contribution >= 0.6 is 15.9 Å². The zero-order chi connectivity index (χ0) is 13.8. The summed E-state index contributed by atoms with van der Waals surface area (Å²) in [6.45, 7) is 5.26. The van der Waals surface area contributed by atoms with Crippen LogP contribution in [0.2, 0.25) is 0 Å². The molecular formula is C16H18BrN3. The van der Waals surface area contributed by atoms with Crippen LogP contribution in [0.25, 0.3) is 0 Å². The number of pyridine rings is 1. The van der Waals surface area contributed by atoms with Crippen LogP contribution in [0.1, 0.15) is 5.56 Å². The Hall–Kier alpha value is -1.39. The first-order valence-corrected chi connectivity index (χ1v) is 7.74. The minimum absolute atomic E-state index is 1.03. The highest BCUT2D eigenvalue weighted by atomic mass is 79.9. The molecule has 1 saturated heterocycles. The summed E-state index contributed by atoms with van der Waals surface area (Å²) in [5.74, 6) is 1.06. The second-order valence-corrected chi connectivity index (χ2v) is 5.91. The van der Waals surface area contributed by atoms with Crippen LogP contribution in [0.15, 0.2) is 53.1 Å². The third kappa shape index (κ3) is 3.19. The van der Waals surface area contributed by atoms with Crippen LogP contribution < -0.4 is 4.90 Å². The van der Waals surface area contributed by atoms with Gasteiger partial charge < -0.3 is 4.90 Å². The van der Waals surface area contributed by atoms with Crippen LogP contribution in [0.4, 0.5) is 5.82 Å². The average Bonchev–Trinajstić information content (AvgIpc) is 2.50. The number of hydrogen-bond donors (Lipinski definition) is 0. The summed E-state index contributed by atoms with van der Waals surface area (Å²) in [5, 5.41) is 0. The number of aromatic nitrogens is 1. The van der Waals surface area contributed by atoms with E-state index in [0.29, 0.717) is 0 Å². The largest absolute Gasteiger partial charge is 0.353 e. The molecule has 1 aromatic heterocycles. The molecule has 4 heteroatoms. The smallest absolute Gasteiger partial charge is 0.142 e. The van der Waals surface area contributed by atoms with Gasteiger partial charge in [0.25, 0.3) is 0 Å². The summed E-state index contributed by atoms with van der Waals surface area (Å²) in [6.07, 6.45) is 1.86. The van der Waals surface area contributed by atoms with E-state index in [9.17, 15) is 0 Å². The van der Waals surface area contributed by atoms with Crippen molar-refractivity contribution in [2.75, 3.05) is 31.1 Å². The topological polar surface area (TPSA) is 19.4 Å². The molecule has 1 fully saturated rings. The van der Waals surface area contributed by atoms with Gasteiger partial charge in [-0.05, 0) is 33.6 Å². The van der Waals surface area contributed by atoms with E-state index in [1.54, 1.807) is 0 Å². The molecule has 1 aliphatic heterocycles. The Morgan fingerprint density at radius 1 is 0.950 bits per heavy atom. The molecule has 0 atom stereocenters. The zero-order valence-corrected chi connectivity index (χ0v) is 13.0. The van der Waals surface area contributed by atoms with Crippen LogP contribution in [0, 0.1) is 0 Å². The van der Waals surface area contributed by atoms with Crippen molar-refractivity contribution in [3.05, 3.63) is 58.7 Å². The normalized spacial score (nSPS) is 16.4. The number of anilines is 1. The van der Waals surface area contributed by atoms with E-state index >= 15 is 0 Å². The van der Waals surface area contributed by atoms with E-state index < -0.39 is 0 Å². The second kappa shape index (κ2) is 6.37. The Labute approximate surface area is 128 Å². The van der Waals surface area contributed by atoms with Crippen LogP contribution in [0.5, 0.6) is 0 Å². The van der Waals surface area contributed by atoms with Crippen molar-refractivity contribution in [3.8, 4) is 0 Å². The van der Waals surface area contributed by atoms with Gasteiger partial charge in [0.1, 0.15) is 5.82 Å². The summed E-state index contributed by atoms with van der Waals surface area (Å²) in [4.78, 5) is 9.33. The molecule has 0 spiro atoms. The van der Waals surface area contributed by atoms with Crippen molar-refractivity contribution >= 4 is 21.7 Å². The van der Waals surface area contributed by atoms with Crippen molar-refractivity contribution < 1.29 is 0 Å². The van der Waals surface area contributed by atoms with Gasteiger partial charge in [0, 0.05) is 38.9 Å². The summed E-state index contributed by atoms with van der Waals surface area (Å²) >= 11 is 3.58. The van der Waals surface area contributed by atoms with E-state index in [1.807, 2.05) is 12.3 Å². The van der Waals surface area contributed by atoms with Crippen molar-refractivity contribution in [2.24, 2.45) is 0 Å². The average molecular weight is 332 g/mol. The molecule has 3 rings (SSSR count). The molecule has 0 unspecified atom stereocenters. The predicted molar refractivity (Wildman–Crippen MR) is 85.9 cm³/mol. The van der Waals surface area contributed by atoms with Gasteiger partial charge in [0.15, 0.2) is 0 Å². The highest BCUT2D eigenvalue weighted by molar-refractivity contribution is 9.10. The van der Waals surface area contributed by atoms with Gasteiger partial charge in [-0.15, -0.1) is 0 Å². The van der Waals surface area contributed by atoms with Crippen molar-refractivity contribution in [2.45, 2.75) is 6.54 Å². The Morgan fingerprint density at radius 3 is 2.40 bits per heavy atom. The Morgan fingerprint density at radius 2 is 1.70 bits per heavy atom. The first kappa shape index (κ1) is 13.6.